The molecule has 6 nitrogen and oxygen atoms in total. The van der Waals surface area contributed by atoms with Gasteiger partial charge >= 0.3 is 5.69 Å². The zero-order valence-corrected chi connectivity index (χ0v) is 8.61. The smallest absolute Gasteiger partial charge is 0.258 e. The Bertz CT molecular complexity index is 402. The van der Waals surface area contributed by atoms with Crippen LogP contribution in [0.25, 0.3) is 0 Å². The number of hydrogen-bond acceptors (Lipinski definition) is 4. The van der Waals surface area contributed by atoms with E-state index >= 15 is 0 Å². The summed E-state index contributed by atoms with van der Waals surface area (Å²) in [5.74, 6) is 0. The maximum atomic E-state index is 10.6. The molecule has 0 atom stereocenters. The van der Waals surface area contributed by atoms with E-state index in [9.17, 15) is 10.1 Å². The zero-order valence-electron chi connectivity index (χ0n) is 8.61. The van der Waals surface area contributed by atoms with Crippen molar-refractivity contribution < 1.29 is 4.92 Å². The number of nitro groups is 1. The Morgan fingerprint density at radius 3 is 2.43 bits per heavy atom. The molecular weight excluding hydrogens is 184 g/mol. The Hall–Kier alpha value is -1.72. The SMILES string of the molecule is CC(C)=Nn1nc(C)c([N+](=O)[O-])c1C. The van der Waals surface area contributed by atoms with Crippen LogP contribution in [0.4, 0.5) is 5.69 Å². The second-order valence-corrected chi connectivity index (χ2v) is 3.21. The molecule has 0 radical (unpaired) electrons. The van der Waals surface area contributed by atoms with Crippen LogP contribution in [-0.2, 0) is 0 Å². The number of aryl methyl sites for hydroxylation is 1. The van der Waals surface area contributed by atoms with Gasteiger partial charge in [0, 0.05) is 5.71 Å². The molecule has 0 spiro atoms. The van der Waals surface area contributed by atoms with Crippen molar-refractivity contribution in [2.75, 3.05) is 0 Å². The summed E-state index contributed by atoms with van der Waals surface area (Å²) in [6.45, 7) is 6.84. The third-order valence-electron chi connectivity index (χ3n) is 1.71. The van der Waals surface area contributed by atoms with Crippen molar-refractivity contribution in [3.05, 3.63) is 21.5 Å². The average molecular weight is 196 g/mol. The third kappa shape index (κ3) is 1.78. The molecule has 0 aliphatic heterocycles. The van der Waals surface area contributed by atoms with Crippen molar-refractivity contribution in [2.45, 2.75) is 27.7 Å². The lowest BCUT2D eigenvalue weighted by Gasteiger charge is -1.94. The number of rotatable bonds is 2. The Labute approximate surface area is 81.4 Å². The summed E-state index contributed by atoms with van der Waals surface area (Å²) in [7, 11) is 0. The molecule has 0 bridgehead atoms. The molecule has 0 unspecified atom stereocenters. The van der Waals surface area contributed by atoms with Gasteiger partial charge in [-0.3, -0.25) is 10.1 Å². The van der Waals surface area contributed by atoms with Gasteiger partial charge in [0.05, 0.1) is 4.92 Å². The molecule has 0 fully saturated rings. The van der Waals surface area contributed by atoms with Crippen LogP contribution in [0.2, 0.25) is 0 Å². The highest BCUT2D eigenvalue weighted by atomic mass is 16.6. The topological polar surface area (TPSA) is 73.3 Å². The highest BCUT2D eigenvalue weighted by Gasteiger charge is 2.21. The van der Waals surface area contributed by atoms with Crippen molar-refractivity contribution in [1.82, 2.24) is 9.89 Å². The minimum atomic E-state index is -0.436. The van der Waals surface area contributed by atoms with E-state index in [-0.39, 0.29) is 5.69 Å². The number of hydrogen-bond donors (Lipinski definition) is 0. The lowest BCUT2D eigenvalue weighted by Crippen LogP contribution is -1.98. The van der Waals surface area contributed by atoms with Crippen molar-refractivity contribution >= 4 is 11.4 Å². The molecule has 0 aromatic carbocycles. The molecule has 0 saturated carbocycles. The maximum Gasteiger partial charge on any atom is 0.315 e. The first-order valence-corrected chi connectivity index (χ1v) is 4.16. The van der Waals surface area contributed by atoms with Crippen LogP contribution >= 0.6 is 0 Å². The van der Waals surface area contributed by atoms with Crippen LogP contribution in [0.5, 0.6) is 0 Å². The fraction of sp³-hybridized carbons (Fsp3) is 0.500. The van der Waals surface area contributed by atoms with Gasteiger partial charge < -0.3 is 0 Å². The van der Waals surface area contributed by atoms with E-state index in [1.165, 1.54) is 4.79 Å². The largest absolute Gasteiger partial charge is 0.315 e. The predicted molar refractivity (Wildman–Crippen MR) is 52.5 cm³/mol. The van der Waals surface area contributed by atoms with E-state index in [0.717, 1.165) is 5.71 Å². The molecule has 1 aromatic heterocycles. The fourth-order valence-electron chi connectivity index (χ4n) is 1.17. The second-order valence-electron chi connectivity index (χ2n) is 3.21. The van der Waals surface area contributed by atoms with Gasteiger partial charge in [0.25, 0.3) is 0 Å². The Morgan fingerprint density at radius 1 is 1.50 bits per heavy atom. The Balaban J connectivity index is 3.31. The summed E-state index contributed by atoms with van der Waals surface area (Å²) in [6, 6.07) is 0. The van der Waals surface area contributed by atoms with Crippen molar-refractivity contribution in [3.63, 3.8) is 0 Å². The molecule has 0 N–H and O–H groups in total. The molecule has 0 aliphatic carbocycles. The highest BCUT2D eigenvalue weighted by molar-refractivity contribution is 5.78. The lowest BCUT2D eigenvalue weighted by atomic mass is 10.3. The first-order chi connectivity index (χ1) is 6.43. The first kappa shape index (κ1) is 10.4. The van der Waals surface area contributed by atoms with Gasteiger partial charge in [0.15, 0.2) is 0 Å². The van der Waals surface area contributed by atoms with Crippen LogP contribution in [0.1, 0.15) is 25.2 Å². The minimum absolute atomic E-state index is 0.0370. The quantitative estimate of drug-likeness (QED) is 0.410. The van der Waals surface area contributed by atoms with Crippen molar-refractivity contribution in [1.29, 1.82) is 0 Å². The van der Waals surface area contributed by atoms with Gasteiger partial charge in [-0.05, 0) is 27.7 Å². The normalized spacial score (nSPS) is 10.0. The molecule has 1 rings (SSSR count). The summed E-state index contributed by atoms with van der Waals surface area (Å²) < 4.78 is 0. The third-order valence-corrected chi connectivity index (χ3v) is 1.71. The van der Waals surface area contributed by atoms with Crippen LogP contribution in [0.3, 0.4) is 0 Å². The molecular formula is C8H12N4O2. The van der Waals surface area contributed by atoms with E-state index < -0.39 is 4.92 Å². The van der Waals surface area contributed by atoms with Crippen LogP contribution in [0, 0.1) is 24.0 Å². The number of nitrogens with zero attached hydrogens (tertiary/aromatic N) is 4. The minimum Gasteiger partial charge on any atom is -0.258 e. The van der Waals surface area contributed by atoms with E-state index in [1.807, 2.05) is 13.8 Å². The zero-order chi connectivity index (χ0) is 10.9. The summed E-state index contributed by atoms with van der Waals surface area (Å²) in [5, 5.41) is 18.6. The molecule has 1 heterocycles. The Morgan fingerprint density at radius 2 is 2.07 bits per heavy atom. The molecule has 6 heteroatoms. The van der Waals surface area contributed by atoms with Gasteiger partial charge in [-0.15, -0.1) is 9.89 Å². The summed E-state index contributed by atoms with van der Waals surface area (Å²) >= 11 is 0. The molecule has 76 valence electrons. The maximum absolute atomic E-state index is 10.6. The van der Waals surface area contributed by atoms with E-state index in [2.05, 4.69) is 10.2 Å². The van der Waals surface area contributed by atoms with Gasteiger partial charge in [-0.1, -0.05) is 0 Å². The summed E-state index contributed by atoms with van der Waals surface area (Å²) in [5.41, 5.74) is 1.67. The monoisotopic (exact) mass is 196 g/mol. The lowest BCUT2D eigenvalue weighted by molar-refractivity contribution is -0.386. The van der Waals surface area contributed by atoms with Crippen LogP contribution in [-0.4, -0.2) is 20.5 Å². The molecule has 0 aliphatic rings. The molecule has 1 aromatic rings. The first-order valence-electron chi connectivity index (χ1n) is 4.16. The van der Waals surface area contributed by atoms with Crippen LogP contribution < -0.4 is 0 Å². The van der Waals surface area contributed by atoms with Crippen LogP contribution in [0.15, 0.2) is 5.10 Å². The highest BCUT2D eigenvalue weighted by Crippen LogP contribution is 2.21. The van der Waals surface area contributed by atoms with Gasteiger partial charge in [-0.2, -0.15) is 5.10 Å². The van der Waals surface area contributed by atoms with Gasteiger partial charge in [0.1, 0.15) is 11.4 Å². The van der Waals surface area contributed by atoms with Gasteiger partial charge in [0.2, 0.25) is 0 Å². The molecule has 14 heavy (non-hydrogen) atoms. The summed E-state index contributed by atoms with van der Waals surface area (Å²) in [6.07, 6.45) is 0. The molecule has 0 amide bonds. The van der Waals surface area contributed by atoms with E-state index in [4.69, 9.17) is 0 Å². The predicted octanol–water partition coefficient (Wildman–Crippen LogP) is 1.65. The van der Waals surface area contributed by atoms with Gasteiger partial charge in [-0.25, -0.2) is 0 Å². The van der Waals surface area contributed by atoms with E-state index in [0.29, 0.717) is 11.4 Å². The standard InChI is InChI=1S/C8H12N4O2/c1-5(2)9-11-7(4)8(12(13)14)6(3)10-11/h1-4H3. The van der Waals surface area contributed by atoms with E-state index in [1.54, 1.807) is 13.8 Å². The fourth-order valence-corrected chi connectivity index (χ4v) is 1.17. The summed E-state index contributed by atoms with van der Waals surface area (Å²) in [4.78, 5) is 11.5. The van der Waals surface area contributed by atoms with Crippen molar-refractivity contribution in [3.8, 4) is 0 Å². The Kier molecular flexibility index (Phi) is 2.64. The number of aromatic nitrogens is 2. The average Bonchev–Trinajstić information content (AvgIpc) is 2.25. The second kappa shape index (κ2) is 3.57. The van der Waals surface area contributed by atoms with Crippen molar-refractivity contribution in [2.24, 2.45) is 5.10 Å². The molecule has 0 saturated heterocycles.